The lowest BCUT2D eigenvalue weighted by Crippen LogP contribution is -2.31. The summed E-state index contributed by atoms with van der Waals surface area (Å²) in [5.41, 5.74) is 0. The summed E-state index contributed by atoms with van der Waals surface area (Å²) in [5.74, 6) is -1.03. The number of thioether (sulfide) groups is 2. The number of carbonyl (C=O) groups excluding carboxylic acids is 4. The topological polar surface area (TPSA) is 141 Å². The van der Waals surface area contributed by atoms with Crippen molar-refractivity contribution in [1.82, 2.24) is 21.3 Å². The van der Waals surface area contributed by atoms with Crippen LogP contribution in [-0.4, -0.2) is 57.6 Å². The predicted octanol–water partition coefficient (Wildman–Crippen LogP) is -0.871. The SMILES string of the molecule is CCNC(=O)C[C@@H]1S/C(=N/N=C2\NC(=O)[C@H](CC(=O)NCC)S2)NC1=O. The zero-order chi connectivity index (χ0) is 19.1. The average Bonchev–Trinajstić information content (AvgIpc) is 3.09. The summed E-state index contributed by atoms with van der Waals surface area (Å²) in [6.07, 6.45) is 0.111. The molecule has 2 fully saturated rings. The second kappa shape index (κ2) is 9.57. The zero-order valence-electron chi connectivity index (χ0n) is 14.3. The Balaban J connectivity index is 1.90. The first-order chi connectivity index (χ1) is 12.4. The van der Waals surface area contributed by atoms with Gasteiger partial charge in [-0.15, -0.1) is 10.2 Å². The van der Waals surface area contributed by atoms with Gasteiger partial charge in [0.2, 0.25) is 23.6 Å². The third-order valence-corrected chi connectivity index (χ3v) is 5.42. The number of carbonyl (C=O) groups is 4. The van der Waals surface area contributed by atoms with Crippen LogP contribution in [0.4, 0.5) is 0 Å². The van der Waals surface area contributed by atoms with Crippen LogP contribution in [-0.2, 0) is 19.2 Å². The van der Waals surface area contributed by atoms with Gasteiger partial charge in [0.1, 0.15) is 10.5 Å². The summed E-state index contributed by atoms with van der Waals surface area (Å²) in [7, 11) is 0. The highest BCUT2D eigenvalue weighted by molar-refractivity contribution is 8.16. The molecule has 0 spiro atoms. The van der Waals surface area contributed by atoms with Gasteiger partial charge in [-0.25, -0.2) is 0 Å². The van der Waals surface area contributed by atoms with Gasteiger partial charge in [0.25, 0.3) is 0 Å². The van der Waals surface area contributed by atoms with E-state index in [9.17, 15) is 19.2 Å². The van der Waals surface area contributed by atoms with Crippen LogP contribution in [0.15, 0.2) is 10.2 Å². The van der Waals surface area contributed by atoms with Crippen LogP contribution in [0, 0.1) is 0 Å². The monoisotopic (exact) mass is 400 g/mol. The lowest BCUT2D eigenvalue weighted by atomic mass is 10.3. The molecule has 0 bridgehead atoms. The second-order valence-corrected chi connectivity index (χ2v) is 7.70. The van der Waals surface area contributed by atoms with Crippen LogP contribution < -0.4 is 21.3 Å². The minimum absolute atomic E-state index is 0.0556. The van der Waals surface area contributed by atoms with Gasteiger partial charge >= 0.3 is 0 Å². The Morgan fingerprint density at radius 3 is 1.62 bits per heavy atom. The maximum absolute atomic E-state index is 11.8. The van der Waals surface area contributed by atoms with Gasteiger partial charge in [0.15, 0.2) is 10.3 Å². The molecule has 10 nitrogen and oxygen atoms in total. The van der Waals surface area contributed by atoms with Crippen molar-refractivity contribution < 1.29 is 19.2 Å². The van der Waals surface area contributed by atoms with Crippen LogP contribution in [0.3, 0.4) is 0 Å². The van der Waals surface area contributed by atoms with E-state index >= 15 is 0 Å². The largest absolute Gasteiger partial charge is 0.356 e. The maximum atomic E-state index is 11.8. The minimum atomic E-state index is -0.559. The first-order valence-electron chi connectivity index (χ1n) is 8.07. The molecular formula is C14H20N6O4S2. The molecule has 0 radical (unpaired) electrons. The number of nitrogens with one attached hydrogen (secondary N) is 4. The summed E-state index contributed by atoms with van der Waals surface area (Å²) in [6.45, 7) is 4.60. The molecule has 0 aromatic heterocycles. The van der Waals surface area contributed by atoms with Crippen molar-refractivity contribution in [2.45, 2.75) is 37.2 Å². The van der Waals surface area contributed by atoms with Gasteiger partial charge in [-0.3, -0.25) is 19.2 Å². The molecule has 142 valence electrons. The molecule has 4 amide bonds. The van der Waals surface area contributed by atoms with E-state index in [0.717, 1.165) is 23.5 Å². The second-order valence-electron chi connectivity index (χ2n) is 5.32. The molecule has 0 saturated carbocycles. The van der Waals surface area contributed by atoms with Crippen molar-refractivity contribution in [2.24, 2.45) is 10.2 Å². The maximum Gasteiger partial charge on any atom is 0.240 e. The van der Waals surface area contributed by atoms with Gasteiger partial charge in [0, 0.05) is 25.9 Å². The quantitative estimate of drug-likeness (QED) is 0.409. The van der Waals surface area contributed by atoms with Gasteiger partial charge in [0.05, 0.1) is 0 Å². The van der Waals surface area contributed by atoms with E-state index in [1.54, 1.807) is 13.8 Å². The van der Waals surface area contributed by atoms with Crippen molar-refractivity contribution in [3.8, 4) is 0 Å². The molecule has 0 aromatic rings. The molecule has 4 N–H and O–H groups in total. The molecule has 12 heteroatoms. The van der Waals surface area contributed by atoms with Gasteiger partial charge in [-0.1, -0.05) is 23.5 Å². The molecule has 0 unspecified atom stereocenters. The molecule has 0 aliphatic carbocycles. The van der Waals surface area contributed by atoms with Crippen LogP contribution >= 0.6 is 23.5 Å². The first-order valence-corrected chi connectivity index (χ1v) is 9.82. The van der Waals surface area contributed by atoms with E-state index in [4.69, 9.17) is 0 Å². The van der Waals surface area contributed by atoms with Crippen molar-refractivity contribution in [1.29, 1.82) is 0 Å². The van der Waals surface area contributed by atoms with Crippen molar-refractivity contribution in [2.75, 3.05) is 13.1 Å². The average molecular weight is 400 g/mol. The molecule has 0 aromatic carbocycles. The van der Waals surface area contributed by atoms with E-state index < -0.39 is 10.5 Å². The van der Waals surface area contributed by atoms with Crippen molar-refractivity contribution in [3.63, 3.8) is 0 Å². The Labute approximate surface area is 158 Å². The number of amides is 4. The highest BCUT2D eigenvalue weighted by Gasteiger charge is 2.34. The van der Waals surface area contributed by atoms with E-state index in [1.807, 2.05) is 0 Å². The molecule has 26 heavy (non-hydrogen) atoms. The van der Waals surface area contributed by atoms with E-state index in [0.29, 0.717) is 13.1 Å². The summed E-state index contributed by atoms with van der Waals surface area (Å²) in [6, 6.07) is 0. The van der Waals surface area contributed by atoms with Crippen LogP contribution in [0.5, 0.6) is 0 Å². The van der Waals surface area contributed by atoms with E-state index in [2.05, 4.69) is 31.5 Å². The number of rotatable bonds is 7. The Morgan fingerprint density at radius 1 is 0.885 bits per heavy atom. The first kappa shape index (κ1) is 20.2. The predicted molar refractivity (Wildman–Crippen MR) is 101 cm³/mol. The molecule has 2 heterocycles. The third-order valence-electron chi connectivity index (χ3n) is 3.27. The van der Waals surface area contributed by atoms with Gasteiger partial charge in [-0.2, -0.15) is 0 Å². The lowest BCUT2D eigenvalue weighted by molar-refractivity contribution is -0.125. The molecule has 2 rings (SSSR count). The number of amidine groups is 2. The van der Waals surface area contributed by atoms with E-state index in [1.165, 1.54) is 0 Å². The van der Waals surface area contributed by atoms with Gasteiger partial charge < -0.3 is 21.3 Å². The van der Waals surface area contributed by atoms with E-state index in [-0.39, 0.29) is 46.8 Å². The molecule has 2 saturated heterocycles. The fourth-order valence-electron chi connectivity index (χ4n) is 2.14. The Kier molecular flexibility index (Phi) is 7.45. The summed E-state index contributed by atoms with van der Waals surface area (Å²) >= 11 is 2.22. The van der Waals surface area contributed by atoms with Crippen LogP contribution in [0.1, 0.15) is 26.7 Å². The minimum Gasteiger partial charge on any atom is -0.356 e. The summed E-state index contributed by atoms with van der Waals surface area (Å²) in [4.78, 5) is 46.8. The molecular weight excluding hydrogens is 380 g/mol. The molecule has 2 atom stereocenters. The zero-order valence-corrected chi connectivity index (χ0v) is 16.0. The number of hydrogen-bond acceptors (Lipinski definition) is 8. The lowest BCUT2D eigenvalue weighted by Gasteiger charge is -2.04. The Morgan fingerprint density at radius 2 is 1.27 bits per heavy atom. The summed E-state index contributed by atoms with van der Waals surface area (Å²) in [5, 5.41) is 17.6. The third kappa shape index (κ3) is 5.73. The number of nitrogens with zero attached hydrogens (tertiary/aromatic N) is 2. The molecule has 2 aliphatic heterocycles. The molecule has 2 aliphatic rings. The Bertz CT molecular complexity index is 610. The highest BCUT2D eigenvalue weighted by Crippen LogP contribution is 2.24. The standard InChI is InChI=1S/C14H20N6O4S2/c1-3-15-9(21)5-7-11(23)17-13(25-7)19-20-14-18-12(24)8(26-14)6-10(22)16-4-2/h7-8H,3-6H2,1-2H3,(H,15,21)(H,16,22)(H,17,19,23)(H,18,20,24)/t7-,8-/m0/s1. The number of hydrogen-bond donors (Lipinski definition) is 4. The van der Waals surface area contributed by atoms with Crippen molar-refractivity contribution >= 4 is 57.5 Å². The Hall–Kier alpha value is -2.08. The van der Waals surface area contributed by atoms with Gasteiger partial charge in [-0.05, 0) is 13.8 Å². The fraction of sp³-hybridized carbons (Fsp3) is 0.571. The fourth-order valence-corrected chi connectivity index (χ4v) is 3.97. The van der Waals surface area contributed by atoms with Crippen LogP contribution in [0.25, 0.3) is 0 Å². The smallest absolute Gasteiger partial charge is 0.240 e. The van der Waals surface area contributed by atoms with Crippen LogP contribution in [0.2, 0.25) is 0 Å². The summed E-state index contributed by atoms with van der Waals surface area (Å²) < 4.78 is 0. The highest BCUT2D eigenvalue weighted by atomic mass is 32.2. The normalized spacial score (nSPS) is 25.3. The van der Waals surface area contributed by atoms with Crippen molar-refractivity contribution in [3.05, 3.63) is 0 Å².